The molecule has 0 spiro atoms. The zero-order chi connectivity index (χ0) is 10.8. The van der Waals surface area contributed by atoms with Crippen molar-refractivity contribution in [3.05, 3.63) is 34.6 Å². The molecule has 3 N–H and O–H groups in total. The highest BCUT2D eigenvalue weighted by Crippen LogP contribution is 2.27. The van der Waals surface area contributed by atoms with E-state index in [1.54, 1.807) is 6.92 Å². The number of rotatable bonds is 3. The first-order valence-electron chi connectivity index (χ1n) is 4.41. The first-order valence-corrected chi connectivity index (χ1v) is 4.79. The number of halogens is 2. The summed E-state index contributed by atoms with van der Waals surface area (Å²) in [5.74, 6) is -0.521. The van der Waals surface area contributed by atoms with Crippen LogP contribution < -0.4 is 5.73 Å². The van der Waals surface area contributed by atoms with Gasteiger partial charge in [0.05, 0.1) is 0 Å². The van der Waals surface area contributed by atoms with E-state index in [0.29, 0.717) is 11.4 Å². The number of aliphatic hydroxyl groups is 1. The largest absolute Gasteiger partial charge is 0.384 e. The zero-order valence-electron chi connectivity index (χ0n) is 7.93. The molecule has 0 aliphatic heterocycles. The van der Waals surface area contributed by atoms with Gasteiger partial charge in [0.1, 0.15) is 11.4 Å². The van der Waals surface area contributed by atoms with Crippen molar-refractivity contribution in [1.82, 2.24) is 0 Å². The molecule has 2 nitrogen and oxygen atoms in total. The van der Waals surface area contributed by atoms with Gasteiger partial charge in [0.2, 0.25) is 0 Å². The summed E-state index contributed by atoms with van der Waals surface area (Å²) in [4.78, 5) is 0. The van der Waals surface area contributed by atoms with Gasteiger partial charge in [-0.15, -0.1) is 0 Å². The lowest BCUT2D eigenvalue weighted by Gasteiger charge is -2.25. The number of hydrogen-bond donors (Lipinski definition) is 2. The van der Waals surface area contributed by atoms with Crippen LogP contribution in [0, 0.1) is 5.82 Å². The van der Waals surface area contributed by atoms with Crippen LogP contribution in [0.25, 0.3) is 0 Å². The van der Waals surface area contributed by atoms with Crippen LogP contribution in [-0.2, 0) is 5.60 Å². The highest BCUT2D eigenvalue weighted by Gasteiger charge is 2.28. The Labute approximate surface area is 87.5 Å². The van der Waals surface area contributed by atoms with E-state index in [4.69, 9.17) is 17.3 Å². The quantitative estimate of drug-likeness (QED) is 0.814. The highest BCUT2D eigenvalue weighted by atomic mass is 35.5. The molecule has 1 rings (SSSR count). The molecule has 0 aromatic heterocycles. The Balaban J connectivity index is 3.17. The summed E-state index contributed by atoms with van der Waals surface area (Å²) in [5.41, 5.74) is 4.31. The van der Waals surface area contributed by atoms with E-state index >= 15 is 0 Å². The lowest BCUT2D eigenvalue weighted by atomic mass is 9.91. The normalized spacial score (nSPS) is 15.2. The molecule has 0 saturated carbocycles. The second-order valence-electron chi connectivity index (χ2n) is 3.21. The van der Waals surface area contributed by atoms with Gasteiger partial charge in [-0.05, 0) is 18.6 Å². The Morgan fingerprint density at radius 3 is 2.64 bits per heavy atom. The van der Waals surface area contributed by atoms with Crippen molar-refractivity contribution >= 4 is 11.6 Å². The minimum absolute atomic E-state index is 0.0119. The van der Waals surface area contributed by atoms with E-state index in [-0.39, 0.29) is 12.1 Å². The number of nitrogens with two attached hydrogens (primary N) is 1. The monoisotopic (exact) mass is 217 g/mol. The molecule has 0 aliphatic carbocycles. The third kappa shape index (κ3) is 2.05. The maximum absolute atomic E-state index is 13.4. The Morgan fingerprint density at radius 2 is 2.21 bits per heavy atom. The molecule has 1 unspecified atom stereocenters. The summed E-state index contributed by atoms with van der Waals surface area (Å²) in [5, 5.41) is 10.3. The van der Waals surface area contributed by atoms with Gasteiger partial charge in [-0.2, -0.15) is 0 Å². The molecule has 4 heteroatoms. The molecule has 1 aromatic rings. The number of hydrogen-bond acceptors (Lipinski definition) is 2. The van der Waals surface area contributed by atoms with Gasteiger partial charge in [0.25, 0.3) is 0 Å². The van der Waals surface area contributed by atoms with E-state index in [1.165, 1.54) is 18.2 Å². The van der Waals surface area contributed by atoms with Crippen LogP contribution in [0.1, 0.15) is 18.9 Å². The highest BCUT2D eigenvalue weighted by molar-refractivity contribution is 6.30. The summed E-state index contributed by atoms with van der Waals surface area (Å²) < 4.78 is 13.4. The summed E-state index contributed by atoms with van der Waals surface area (Å²) >= 11 is 5.60. The fourth-order valence-corrected chi connectivity index (χ4v) is 1.47. The van der Waals surface area contributed by atoms with Crippen molar-refractivity contribution in [3.8, 4) is 0 Å². The van der Waals surface area contributed by atoms with Gasteiger partial charge in [0, 0.05) is 17.1 Å². The molecule has 0 heterocycles. The average molecular weight is 218 g/mol. The minimum atomic E-state index is -1.30. The summed E-state index contributed by atoms with van der Waals surface area (Å²) in [6.07, 6.45) is 0.363. The lowest BCUT2D eigenvalue weighted by molar-refractivity contribution is 0.0382. The van der Waals surface area contributed by atoms with Crippen LogP contribution in [0.4, 0.5) is 4.39 Å². The van der Waals surface area contributed by atoms with Crippen LogP contribution in [0.2, 0.25) is 5.02 Å². The van der Waals surface area contributed by atoms with Crippen LogP contribution in [0.5, 0.6) is 0 Å². The maximum atomic E-state index is 13.4. The molecule has 1 atom stereocenters. The molecule has 0 amide bonds. The Morgan fingerprint density at radius 1 is 1.57 bits per heavy atom. The van der Waals surface area contributed by atoms with E-state index < -0.39 is 11.4 Å². The SMILES string of the molecule is CCC(O)(CN)c1ccc(Cl)cc1F. The van der Waals surface area contributed by atoms with Crippen LogP contribution in [0.15, 0.2) is 18.2 Å². The average Bonchev–Trinajstić information content (AvgIpc) is 2.17. The van der Waals surface area contributed by atoms with Crippen molar-refractivity contribution in [2.45, 2.75) is 18.9 Å². The van der Waals surface area contributed by atoms with Crippen LogP contribution in [0.3, 0.4) is 0 Å². The molecule has 0 fully saturated rings. The minimum Gasteiger partial charge on any atom is -0.384 e. The van der Waals surface area contributed by atoms with Gasteiger partial charge < -0.3 is 10.8 Å². The topological polar surface area (TPSA) is 46.2 Å². The molecule has 0 saturated heterocycles. The van der Waals surface area contributed by atoms with Crippen LogP contribution >= 0.6 is 11.6 Å². The summed E-state index contributed by atoms with van der Waals surface area (Å²) in [7, 11) is 0. The van der Waals surface area contributed by atoms with Gasteiger partial charge >= 0.3 is 0 Å². The van der Waals surface area contributed by atoms with Crippen molar-refractivity contribution in [1.29, 1.82) is 0 Å². The second kappa shape index (κ2) is 4.26. The molecule has 0 radical (unpaired) electrons. The van der Waals surface area contributed by atoms with Crippen LogP contribution in [-0.4, -0.2) is 11.7 Å². The predicted octanol–water partition coefficient (Wildman–Crippen LogP) is 2.04. The fraction of sp³-hybridized carbons (Fsp3) is 0.400. The number of benzene rings is 1. The summed E-state index contributed by atoms with van der Waals surface area (Å²) in [6.45, 7) is 1.74. The molecule has 0 bridgehead atoms. The van der Waals surface area contributed by atoms with Gasteiger partial charge in [-0.1, -0.05) is 24.6 Å². The van der Waals surface area contributed by atoms with Gasteiger partial charge in [-0.25, -0.2) is 4.39 Å². The molecular weight excluding hydrogens is 205 g/mol. The Kier molecular flexibility index (Phi) is 3.48. The first-order chi connectivity index (χ1) is 6.53. The Hall–Kier alpha value is -0.640. The third-order valence-corrected chi connectivity index (χ3v) is 2.59. The second-order valence-corrected chi connectivity index (χ2v) is 3.65. The summed E-state index contributed by atoms with van der Waals surface area (Å²) in [6, 6.07) is 4.18. The van der Waals surface area contributed by atoms with Crippen molar-refractivity contribution in [3.63, 3.8) is 0 Å². The van der Waals surface area contributed by atoms with Crippen molar-refractivity contribution in [2.75, 3.05) is 6.54 Å². The molecular formula is C10H13ClFNO. The van der Waals surface area contributed by atoms with Crippen molar-refractivity contribution < 1.29 is 9.50 Å². The van der Waals surface area contributed by atoms with Gasteiger partial charge in [0.15, 0.2) is 0 Å². The standard InChI is InChI=1S/C10H13ClFNO/c1-2-10(14,6-13)8-4-3-7(11)5-9(8)12/h3-5,14H,2,6,13H2,1H3. The molecule has 78 valence electrons. The lowest BCUT2D eigenvalue weighted by Crippen LogP contribution is -2.35. The third-order valence-electron chi connectivity index (χ3n) is 2.36. The van der Waals surface area contributed by atoms with Crippen molar-refractivity contribution in [2.24, 2.45) is 5.73 Å². The zero-order valence-corrected chi connectivity index (χ0v) is 8.68. The Bertz CT molecular complexity index is 326. The van der Waals surface area contributed by atoms with E-state index in [1.807, 2.05) is 0 Å². The predicted molar refractivity (Wildman–Crippen MR) is 54.7 cm³/mol. The molecule has 0 aliphatic rings. The smallest absolute Gasteiger partial charge is 0.130 e. The van der Waals surface area contributed by atoms with Gasteiger partial charge in [-0.3, -0.25) is 0 Å². The van der Waals surface area contributed by atoms with E-state index in [0.717, 1.165) is 0 Å². The molecule has 1 aromatic carbocycles. The van der Waals surface area contributed by atoms with E-state index in [2.05, 4.69) is 0 Å². The van der Waals surface area contributed by atoms with E-state index in [9.17, 15) is 9.50 Å². The molecule has 14 heavy (non-hydrogen) atoms. The first kappa shape index (κ1) is 11.4. The maximum Gasteiger partial charge on any atom is 0.130 e. The fourth-order valence-electron chi connectivity index (χ4n) is 1.31.